The van der Waals surface area contributed by atoms with E-state index in [2.05, 4.69) is 20.6 Å². The van der Waals surface area contributed by atoms with Gasteiger partial charge in [0.1, 0.15) is 6.04 Å². The van der Waals surface area contributed by atoms with Crippen LogP contribution in [0.3, 0.4) is 0 Å². The van der Waals surface area contributed by atoms with Crippen molar-refractivity contribution in [2.45, 2.75) is 33.2 Å². The van der Waals surface area contributed by atoms with Gasteiger partial charge in [0, 0.05) is 11.6 Å². The van der Waals surface area contributed by atoms with E-state index in [9.17, 15) is 14.7 Å². The molecule has 0 radical (unpaired) electrons. The Kier molecular flexibility index (Phi) is 5.16. The van der Waals surface area contributed by atoms with E-state index in [1.165, 1.54) is 0 Å². The summed E-state index contributed by atoms with van der Waals surface area (Å²) in [6.07, 6.45) is 2.06. The lowest BCUT2D eigenvalue weighted by atomic mass is 10.0. The number of nitrogens with zero attached hydrogens (tertiary/aromatic N) is 4. The Hall–Kier alpha value is -3.29. The molecular weight excluding hydrogens is 346 g/mol. The second-order valence-corrected chi connectivity index (χ2v) is 6.81. The number of aliphatic carboxylic acids is 1. The SMILES string of the molecule is Cc1c(C(=O)NC(CC(C)C)C(=O)O)nnn1-c1ccc2ncccc2c1. The highest BCUT2D eigenvalue weighted by Gasteiger charge is 2.25. The second-order valence-electron chi connectivity index (χ2n) is 6.81. The van der Waals surface area contributed by atoms with Gasteiger partial charge in [-0.1, -0.05) is 25.1 Å². The fraction of sp³-hybridized carbons (Fsp3) is 0.316. The third-order valence-corrected chi connectivity index (χ3v) is 4.25. The van der Waals surface area contributed by atoms with Crippen LogP contribution >= 0.6 is 0 Å². The maximum atomic E-state index is 12.5. The summed E-state index contributed by atoms with van der Waals surface area (Å²) in [5, 5.41) is 20.8. The molecule has 27 heavy (non-hydrogen) atoms. The molecule has 2 aromatic heterocycles. The van der Waals surface area contributed by atoms with E-state index >= 15 is 0 Å². The largest absolute Gasteiger partial charge is 0.480 e. The van der Waals surface area contributed by atoms with E-state index in [-0.39, 0.29) is 11.6 Å². The molecule has 0 fully saturated rings. The lowest BCUT2D eigenvalue weighted by molar-refractivity contribution is -0.139. The minimum atomic E-state index is -1.07. The monoisotopic (exact) mass is 367 g/mol. The van der Waals surface area contributed by atoms with E-state index in [0.717, 1.165) is 16.6 Å². The van der Waals surface area contributed by atoms with E-state index < -0.39 is 17.9 Å². The number of hydrogen-bond donors (Lipinski definition) is 2. The zero-order valence-corrected chi connectivity index (χ0v) is 15.4. The van der Waals surface area contributed by atoms with Crippen molar-refractivity contribution in [2.75, 3.05) is 0 Å². The van der Waals surface area contributed by atoms with E-state index in [1.54, 1.807) is 17.8 Å². The summed E-state index contributed by atoms with van der Waals surface area (Å²) in [6, 6.07) is 8.44. The van der Waals surface area contributed by atoms with Crippen molar-refractivity contribution in [1.82, 2.24) is 25.3 Å². The molecule has 2 N–H and O–H groups in total. The minimum Gasteiger partial charge on any atom is -0.480 e. The molecule has 0 spiro atoms. The standard InChI is InChI=1S/C19H21N5O3/c1-11(2)9-16(19(26)27)21-18(25)17-12(3)24(23-22-17)14-6-7-15-13(10-14)5-4-8-20-15/h4-8,10-11,16H,9H2,1-3H3,(H,21,25)(H,26,27). The van der Waals surface area contributed by atoms with Gasteiger partial charge in [-0.05, 0) is 43.5 Å². The normalized spacial score (nSPS) is 12.3. The number of benzene rings is 1. The van der Waals surface area contributed by atoms with Crippen LogP contribution in [0, 0.1) is 12.8 Å². The molecule has 0 aliphatic carbocycles. The Morgan fingerprint density at radius 1 is 1.26 bits per heavy atom. The van der Waals surface area contributed by atoms with Crippen LogP contribution in [0.4, 0.5) is 0 Å². The topological polar surface area (TPSA) is 110 Å². The molecule has 0 bridgehead atoms. The summed E-state index contributed by atoms with van der Waals surface area (Å²) in [6.45, 7) is 5.52. The van der Waals surface area contributed by atoms with Gasteiger partial charge in [0.25, 0.3) is 5.91 Å². The van der Waals surface area contributed by atoms with Crippen LogP contribution in [0.25, 0.3) is 16.6 Å². The van der Waals surface area contributed by atoms with E-state index in [1.807, 2.05) is 44.2 Å². The van der Waals surface area contributed by atoms with E-state index in [0.29, 0.717) is 12.1 Å². The van der Waals surface area contributed by atoms with Crippen LogP contribution < -0.4 is 5.32 Å². The highest BCUT2D eigenvalue weighted by molar-refractivity contribution is 5.95. The quantitative estimate of drug-likeness (QED) is 0.692. The molecule has 0 saturated carbocycles. The molecule has 2 heterocycles. The number of fused-ring (bicyclic) bond motifs is 1. The van der Waals surface area contributed by atoms with Crippen molar-refractivity contribution in [3.63, 3.8) is 0 Å². The number of aromatic nitrogens is 4. The van der Waals surface area contributed by atoms with Gasteiger partial charge in [-0.3, -0.25) is 9.78 Å². The molecular formula is C19H21N5O3. The van der Waals surface area contributed by atoms with Gasteiger partial charge in [0.2, 0.25) is 0 Å². The molecule has 0 aliphatic heterocycles. The molecule has 1 atom stereocenters. The summed E-state index contributed by atoms with van der Waals surface area (Å²) >= 11 is 0. The number of rotatable bonds is 6. The number of carboxylic acids is 1. The Bertz CT molecular complexity index is 996. The molecule has 0 aliphatic rings. The molecule has 3 aromatic rings. The van der Waals surface area contributed by atoms with Crippen molar-refractivity contribution < 1.29 is 14.7 Å². The maximum absolute atomic E-state index is 12.5. The molecule has 3 rings (SSSR count). The van der Waals surface area contributed by atoms with Gasteiger partial charge < -0.3 is 10.4 Å². The van der Waals surface area contributed by atoms with Crippen LogP contribution in [-0.4, -0.2) is 43.0 Å². The van der Waals surface area contributed by atoms with Gasteiger partial charge in [-0.25, -0.2) is 9.48 Å². The Balaban J connectivity index is 1.87. The average Bonchev–Trinajstić information content (AvgIpc) is 3.01. The smallest absolute Gasteiger partial charge is 0.326 e. The third-order valence-electron chi connectivity index (χ3n) is 4.25. The van der Waals surface area contributed by atoms with Crippen molar-refractivity contribution >= 4 is 22.8 Å². The summed E-state index contributed by atoms with van der Waals surface area (Å²) in [7, 11) is 0. The Labute approximate surface area is 156 Å². The van der Waals surface area contributed by atoms with Crippen LogP contribution in [-0.2, 0) is 4.79 Å². The summed E-state index contributed by atoms with van der Waals surface area (Å²) in [5.41, 5.74) is 2.24. The number of hydrogen-bond acceptors (Lipinski definition) is 5. The first-order valence-corrected chi connectivity index (χ1v) is 8.68. The maximum Gasteiger partial charge on any atom is 0.326 e. The first-order chi connectivity index (χ1) is 12.9. The first-order valence-electron chi connectivity index (χ1n) is 8.68. The van der Waals surface area contributed by atoms with Gasteiger partial charge in [0.15, 0.2) is 5.69 Å². The molecule has 8 heteroatoms. The predicted molar refractivity (Wildman–Crippen MR) is 99.7 cm³/mol. The fourth-order valence-electron chi connectivity index (χ4n) is 2.90. The van der Waals surface area contributed by atoms with Gasteiger partial charge >= 0.3 is 5.97 Å². The van der Waals surface area contributed by atoms with Gasteiger partial charge in [-0.2, -0.15) is 0 Å². The number of nitrogens with one attached hydrogen (secondary N) is 1. The van der Waals surface area contributed by atoms with Crippen LogP contribution in [0.5, 0.6) is 0 Å². The Morgan fingerprint density at radius 2 is 2.04 bits per heavy atom. The molecule has 1 amide bonds. The number of carbonyl (C=O) groups excluding carboxylic acids is 1. The van der Waals surface area contributed by atoms with E-state index in [4.69, 9.17) is 0 Å². The molecule has 1 unspecified atom stereocenters. The fourth-order valence-corrected chi connectivity index (χ4v) is 2.90. The highest BCUT2D eigenvalue weighted by Crippen LogP contribution is 2.18. The average molecular weight is 367 g/mol. The summed E-state index contributed by atoms with van der Waals surface area (Å²) < 4.78 is 1.56. The van der Waals surface area contributed by atoms with Crippen LogP contribution in [0.1, 0.15) is 36.5 Å². The van der Waals surface area contributed by atoms with Crippen molar-refractivity contribution in [3.05, 3.63) is 47.9 Å². The zero-order chi connectivity index (χ0) is 19.6. The number of carbonyl (C=O) groups is 2. The third kappa shape index (κ3) is 3.94. The molecule has 8 nitrogen and oxygen atoms in total. The lowest BCUT2D eigenvalue weighted by Gasteiger charge is -2.15. The second kappa shape index (κ2) is 7.53. The van der Waals surface area contributed by atoms with Gasteiger partial charge in [-0.15, -0.1) is 5.10 Å². The van der Waals surface area contributed by atoms with Gasteiger partial charge in [0.05, 0.1) is 16.9 Å². The van der Waals surface area contributed by atoms with Crippen LogP contribution in [0.15, 0.2) is 36.5 Å². The molecule has 1 aromatic carbocycles. The number of amides is 1. The highest BCUT2D eigenvalue weighted by atomic mass is 16.4. The Morgan fingerprint density at radius 3 is 2.74 bits per heavy atom. The van der Waals surface area contributed by atoms with Crippen molar-refractivity contribution in [3.8, 4) is 5.69 Å². The van der Waals surface area contributed by atoms with Crippen molar-refractivity contribution in [2.24, 2.45) is 5.92 Å². The summed E-state index contributed by atoms with van der Waals surface area (Å²) in [5.74, 6) is -1.48. The first kappa shape index (κ1) is 18.5. The molecule has 0 saturated heterocycles. The number of pyridine rings is 1. The lowest BCUT2D eigenvalue weighted by Crippen LogP contribution is -2.42. The summed E-state index contributed by atoms with van der Waals surface area (Å²) in [4.78, 5) is 28.2. The zero-order valence-electron chi connectivity index (χ0n) is 15.4. The van der Waals surface area contributed by atoms with Crippen LogP contribution in [0.2, 0.25) is 0 Å². The number of carboxylic acid groups (broad SMARTS) is 1. The predicted octanol–water partition coefficient (Wildman–Crippen LogP) is 2.35. The minimum absolute atomic E-state index is 0.108. The molecule has 140 valence electrons. The van der Waals surface area contributed by atoms with Crippen molar-refractivity contribution in [1.29, 1.82) is 0 Å².